The van der Waals surface area contributed by atoms with Gasteiger partial charge in [0.15, 0.2) is 5.71 Å². The number of anilines is 1. The molecule has 17 nitrogen and oxygen atoms in total. The van der Waals surface area contributed by atoms with Gasteiger partial charge >= 0.3 is 5.97 Å². The molecule has 5 N–H and O–H groups in total. The summed E-state index contributed by atoms with van der Waals surface area (Å²) in [6.45, 7) is 7.66. The smallest absolute Gasteiger partial charge is 0.305 e. The van der Waals surface area contributed by atoms with Gasteiger partial charge in [0.2, 0.25) is 5.69 Å². The first-order valence-corrected chi connectivity index (χ1v) is 25.0. The molecule has 1 aliphatic carbocycles. The lowest BCUT2D eigenvalue weighted by molar-refractivity contribution is -0.437. The molecule has 2 heterocycles. The van der Waals surface area contributed by atoms with Gasteiger partial charge in [0.25, 0.3) is 30.4 Å². The van der Waals surface area contributed by atoms with Gasteiger partial charge in [-0.3, -0.25) is 18.5 Å². The Morgan fingerprint density at radius 1 is 0.833 bits per heavy atom. The lowest BCUT2D eigenvalue weighted by Gasteiger charge is -2.27. The highest BCUT2D eigenvalue weighted by atomic mass is 32.2. The molecule has 0 amide bonds. The third-order valence-electron chi connectivity index (χ3n) is 10.9. The van der Waals surface area contributed by atoms with Crippen LogP contribution in [0.2, 0.25) is 0 Å². The van der Waals surface area contributed by atoms with E-state index in [1.807, 2.05) is 61.5 Å². The normalized spacial score (nSPS) is 19.4. The Labute approximate surface area is 350 Å². The van der Waals surface area contributed by atoms with Gasteiger partial charge in [-0.15, -0.1) is 0 Å². The molecule has 2 aliphatic heterocycles. The Bertz CT molecular complexity index is 2690. The van der Waals surface area contributed by atoms with Crippen molar-refractivity contribution in [1.82, 2.24) is 5.32 Å². The van der Waals surface area contributed by atoms with E-state index >= 15 is 0 Å². The zero-order valence-corrected chi connectivity index (χ0v) is 36.7. The van der Waals surface area contributed by atoms with Crippen LogP contribution >= 0.6 is 0 Å². The third kappa shape index (κ3) is 10.8. The monoisotopic (exact) mass is 911 g/mol. The Kier molecular flexibility index (Phi) is 13.5. The van der Waals surface area contributed by atoms with E-state index in [9.17, 15) is 61.8 Å². The number of hydrogen-bond acceptors (Lipinski definition) is 12. The first-order chi connectivity index (χ1) is 27.6. The van der Waals surface area contributed by atoms with E-state index in [0.717, 1.165) is 11.1 Å². The molecule has 3 aliphatic rings. The molecule has 2 aromatic rings. The van der Waals surface area contributed by atoms with Crippen LogP contribution in [0.3, 0.4) is 0 Å². The number of nitrogens with zero attached hydrogens (tertiary/aromatic N) is 2. The van der Waals surface area contributed by atoms with Crippen LogP contribution in [-0.4, -0.2) is 104 Å². The van der Waals surface area contributed by atoms with Gasteiger partial charge in [0.05, 0.1) is 33.1 Å². The molecule has 0 saturated carbocycles. The van der Waals surface area contributed by atoms with Crippen molar-refractivity contribution < 1.29 is 66.4 Å². The van der Waals surface area contributed by atoms with Crippen LogP contribution in [0.1, 0.15) is 77.3 Å². The number of nitrogens with one attached hydrogen (secondary N) is 1. The molecule has 2 aromatic carbocycles. The van der Waals surface area contributed by atoms with E-state index < -0.39 is 73.7 Å². The minimum Gasteiger partial charge on any atom is -0.744 e. The van der Waals surface area contributed by atoms with Crippen LogP contribution in [0.15, 0.2) is 93.0 Å². The third-order valence-corrected chi connectivity index (χ3v) is 14.2. The highest BCUT2D eigenvalue weighted by Gasteiger charge is 2.45. The number of rotatable bonds is 17. The largest absolute Gasteiger partial charge is 0.744 e. The van der Waals surface area contributed by atoms with Crippen LogP contribution in [0, 0.1) is 0 Å². The van der Waals surface area contributed by atoms with Crippen LogP contribution in [-0.2, 0) is 56.1 Å². The van der Waals surface area contributed by atoms with Gasteiger partial charge in [-0.25, -0.2) is 8.42 Å². The van der Waals surface area contributed by atoms with Crippen molar-refractivity contribution in [2.45, 2.75) is 86.8 Å². The van der Waals surface area contributed by atoms with Gasteiger partial charge in [0.1, 0.15) is 16.7 Å². The van der Waals surface area contributed by atoms with Crippen molar-refractivity contribution >= 4 is 63.5 Å². The number of allylic oxidation sites excluding steroid dienone is 7. The molecule has 0 spiro atoms. The maximum absolute atomic E-state index is 12.1. The van der Waals surface area contributed by atoms with Crippen molar-refractivity contribution in [2.24, 2.45) is 0 Å². The van der Waals surface area contributed by atoms with Crippen molar-refractivity contribution in [1.29, 1.82) is 0 Å². The molecule has 0 fully saturated rings. The van der Waals surface area contributed by atoms with Crippen LogP contribution in [0.4, 0.5) is 11.4 Å². The molecule has 60 heavy (non-hydrogen) atoms. The molecule has 0 unspecified atom stereocenters. The van der Waals surface area contributed by atoms with Crippen molar-refractivity contribution in [3.05, 3.63) is 94.4 Å². The number of carbonyl (C=O) groups is 1. The fourth-order valence-electron chi connectivity index (χ4n) is 8.06. The number of carboxylic acids is 1. The summed E-state index contributed by atoms with van der Waals surface area (Å²) < 4.78 is 137. The first-order valence-electron chi connectivity index (χ1n) is 18.9. The Balaban J connectivity index is 1.63. The molecular weight excluding hydrogens is 863 g/mol. The number of benzene rings is 2. The molecule has 0 atom stereocenters. The fourth-order valence-corrected chi connectivity index (χ4v) is 10.0. The minimum atomic E-state index is -4.81. The molecular formula is C39H49N3O14S4. The fraction of sp³-hybridized carbons (Fsp3) is 0.436. The lowest BCUT2D eigenvalue weighted by Crippen LogP contribution is -2.28. The Hall–Kier alpha value is -4.22. The van der Waals surface area contributed by atoms with Gasteiger partial charge < -0.3 is 19.9 Å². The number of hydrogen-bond donors (Lipinski definition) is 5. The van der Waals surface area contributed by atoms with E-state index in [1.165, 1.54) is 36.4 Å². The van der Waals surface area contributed by atoms with Crippen LogP contribution in [0.25, 0.3) is 0 Å². The van der Waals surface area contributed by atoms with Crippen LogP contribution in [0.5, 0.6) is 0 Å². The first kappa shape index (κ1) is 46.8. The van der Waals surface area contributed by atoms with Gasteiger partial charge in [-0.2, -0.15) is 29.8 Å². The maximum atomic E-state index is 12.1. The SMILES string of the molecule is CC1(C)C(/C=C/C2=C(NCCC(=O)O)C(=C/C=C3\N(CCCS(=O)(=O)O)c4ccc(S(=O)(=O)O)cc4C3(C)C)/CCC2)=[N+](CCCS(=O)(=O)O)c2ccc(S(=O)(=O)[O-])cc21. The lowest BCUT2D eigenvalue weighted by atomic mass is 9.81. The summed E-state index contributed by atoms with van der Waals surface area (Å²) in [4.78, 5) is 12.7. The predicted molar refractivity (Wildman–Crippen MR) is 222 cm³/mol. The topological polar surface area (TPSA) is 276 Å². The predicted octanol–water partition coefficient (Wildman–Crippen LogP) is 4.44. The second-order valence-electron chi connectivity index (χ2n) is 15.9. The van der Waals surface area contributed by atoms with E-state index in [4.69, 9.17) is 0 Å². The summed E-state index contributed by atoms with van der Waals surface area (Å²) in [5.74, 6) is -2.08. The standard InChI is InChI=1S/C39H49N3O14S4/c1-38(2)30-24-28(59(51,52)53)12-14-32(30)41(20-6-22-57(45,46)47)34(38)16-10-26-8-5-9-27(37(26)40-19-18-36(43)44)11-17-35-39(3,4)31-25-29(60(54,55)56)13-15-33(31)42(35)21-7-23-58(48,49)50/h10-17,24-25H,5-9,18-23H2,1-4H3,(H5,43,44,45,46,47,48,49,50,51,52,53,54,55,56)/b26-10+,34-16-. The number of carboxylic acid groups (broad SMARTS) is 1. The quantitative estimate of drug-likeness (QED) is 0.108. The van der Waals surface area contributed by atoms with E-state index in [0.29, 0.717) is 58.9 Å². The molecule has 0 saturated heterocycles. The van der Waals surface area contributed by atoms with E-state index in [1.54, 1.807) is 0 Å². The summed E-state index contributed by atoms with van der Waals surface area (Å²) in [7, 11) is -18.0. The summed E-state index contributed by atoms with van der Waals surface area (Å²) in [6.07, 6.45) is 8.96. The number of fused-ring (bicyclic) bond motifs is 2. The van der Waals surface area contributed by atoms with Gasteiger partial charge in [-0.1, -0.05) is 26.0 Å². The average Bonchev–Trinajstić information content (AvgIpc) is 3.45. The summed E-state index contributed by atoms with van der Waals surface area (Å²) in [5, 5.41) is 12.8. The van der Waals surface area contributed by atoms with E-state index in [2.05, 4.69) is 5.32 Å². The van der Waals surface area contributed by atoms with Crippen molar-refractivity contribution in [2.75, 3.05) is 36.0 Å². The molecule has 0 radical (unpaired) electrons. The molecule has 0 bridgehead atoms. The summed E-state index contributed by atoms with van der Waals surface area (Å²) in [6, 6.07) is 8.12. The molecule has 21 heteroatoms. The Morgan fingerprint density at radius 2 is 1.47 bits per heavy atom. The highest BCUT2D eigenvalue weighted by Crippen LogP contribution is 2.49. The second kappa shape index (κ2) is 17.3. The summed E-state index contributed by atoms with van der Waals surface area (Å²) >= 11 is 0. The second-order valence-corrected chi connectivity index (χ2v) is 21.9. The summed E-state index contributed by atoms with van der Waals surface area (Å²) in [5.41, 5.74) is 3.94. The minimum absolute atomic E-state index is 0.0176. The van der Waals surface area contributed by atoms with Crippen molar-refractivity contribution in [3.8, 4) is 0 Å². The van der Waals surface area contributed by atoms with Crippen LogP contribution < -0.4 is 10.2 Å². The molecule has 328 valence electrons. The average molecular weight is 912 g/mol. The molecule has 5 rings (SSSR count). The van der Waals surface area contributed by atoms with Gasteiger partial charge in [0, 0.05) is 59.7 Å². The molecule has 0 aromatic heterocycles. The Morgan fingerprint density at radius 3 is 2.08 bits per heavy atom. The van der Waals surface area contributed by atoms with Crippen molar-refractivity contribution in [3.63, 3.8) is 0 Å². The number of aliphatic carboxylic acids is 1. The highest BCUT2D eigenvalue weighted by molar-refractivity contribution is 7.86. The van der Waals surface area contributed by atoms with Gasteiger partial charge in [-0.05, 0) is 92.6 Å². The zero-order chi connectivity index (χ0) is 44.6. The zero-order valence-electron chi connectivity index (χ0n) is 33.5. The van der Waals surface area contributed by atoms with E-state index in [-0.39, 0.29) is 43.8 Å². The maximum Gasteiger partial charge on any atom is 0.305 e.